The van der Waals surface area contributed by atoms with Gasteiger partial charge in [-0.1, -0.05) is 49.7 Å². The van der Waals surface area contributed by atoms with Crippen LogP contribution in [-0.4, -0.2) is 19.2 Å². The van der Waals surface area contributed by atoms with Gasteiger partial charge in [0.05, 0.1) is 13.3 Å². The molecule has 0 heterocycles. The van der Waals surface area contributed by atoms with Crippen molar-refractivity contribution >= 4 is 12.1 Å². The Morgan fingerprint density at radius 1 is 1.16 bits per heavy atom. The maximum Gasteiger partial charge on any atom is 0.240 e. The van der Waals surface area contributed by atoms with Crippen molar-refractivity contribution in [2.45, 2.75) is 32.8 Å². The topological polar surface area (TPSA) is 59.9 Å². The third-order valence-corrected chi connectivity index (χ3v) is 3.61. The average Bonchev–Trinajstić information content (AvgIpc) is 2.65. The summed E-state index contributed by atoms with van der Waals surface area (Å²) in [5.74, 6) is 1.13. The first kappa shape index (κ1) is 18.5. The van der Waals surface area contributed by atoms with Crippen molar-refractivity contribution < 1.29 is 14.3 Å². The number of nitrogens with zero attached hydrogens (tertiary/aromatic N) is 1. The van der Waals surface area contributed by atoms with E-state index in [1.165, 1.54) is 0 Å². The van der Waals surface area contributed by atoms with E-state index < -0.39 is 0 Å². The molecule has 5 nitrogen and oxygen atoms in total. The van der Waals surface area contributed by atoms with Gasteiger partial charge in [-0.05, 0) is 24.1 Å². The molecule has 0 saturated carbocycles. The smallest absolute Gasteiger partial charge is 0.240 e. The minimum absolute atomic E-state index is 0.0900. The van der Waals surface area contributed by atoms with Crippen LogP contribution in [-0.2, 0) is 11.4 Å². The number of methoxy groups -OCH3 is 1. The molecule has 2 aromatic rings. The van der Waals surface area contributed by atoms with Gasteiger partial charge in [-0.25, -0.2) is 5.43 Å². The van der Waals surface area contributed by atoms with Gasteiger partial charge in [-0.15, -0.1) is 0 Å². The van der Waals surface area contributed by atoms with Gasteiger partial charge in [-0.2, -0.15) is 5.10 Å². The van der Waals surface area contributed by atoms with Crippen molar-refractivity contribution in [1.29, 1.82) is 0 Å². The minimum atomic E-state index is -0.0900. The highest BCUT2D eigenvalue weighted by Crippen LogP contribution is 2.30. The Labute approximate surface area is 148 Å². The third kappa shape index (κ3) is 5.95. The van der Waals surface area contributed by atoms with Crippen molar-refractivity contribution in [2.24, 2.45) is 5.10 Å². The molecule has 2 aromatic carbocycles. The summed E-state index contributed by atoms with van der Waals surface area (Å²) in [6.07, 6.45) is 3.88. The second kappa shape index (κ2) is 10.1. The Kier molecular flexibility index (Phi) is 7.50. The van der Waals surface area contributed by atoms with Crippen LogP contribution in [0.3, 0.4) is 0 Å². The summed E-state index contributed by atoms with van der Waals surface area (Å²) in [6, 6.07) is 15.4. The van der Waals surface area contributed by atoms with Crippen LogP contribution < -0.4 is 14.9 Å². The molecule has 1 N–H and O–H groups in total. The van der Waals surface area contributed by atoms with E-state index >= 15 is 0 Å². The quantitative estimate of drug-likeness (QED) is 0.556. The van der Waals surface area contributed by atoms with Crippen molar-refractivity contribution in [3.63, 3.8) is 0 Å². The summed E-state index contributed by atoms with van der Waals surface area (Å²) >= 11 is 0. The van der Waals surface area contributed by atoms with E-state index in [0.717, 1.165) is 24.0 Å². The molecule has 0 saturated heterocycles. The number of carbonyl (C=O) groups is 1. The molecule has 0 aliphatic heterocycles. The number of hydrogen-bond donors (Lipinski definition) is 1. The predicted octanol–water partition coefficient (Wildman–Crippen LogP) is 3.91. The van der Waals surface area contributed by atoms with E-state index in [2.05, 4.69) is 10.5 Å². The molecular formula is C20H24N2O3. The molecule has 0 spiro atoms. The van der Waals surface area contributed by atoms with Gasteiger partial charge in [-0.3, -0.25) is 4.79 Å². The Morgan fingerprint density at radius 3 is 2.68 bits per heavy atom. The molecule has 5 heteroatoms. The van der Waals surface area contributed by atoms with Gasteiger partial charge in [0.1, 0.15) is 6.61 Å². The van der Waals surface area contributed by atoms with Gasteiger partial charge in [0.25, 0.3) is 0 Å². The Bertz CT molecular complexity index is 699. The zero-order chi connectivity index (χ0) is 17.9. The van der Waals surface area contributed by atoms with Crippen LogP contribution in [0.15, 0.2) is 53.6 Å². The Balaban J connectivity index is 2.08. The van der Waals surface area contributed by atoms with Crippen LogP contribution in [0.4, 0.5) is 0 Å². The SMILES string of the molecule is CCCCC(=O)N/N=C/c1cccc(OC)c1OCc1ccccc1. The number of amides is 1. The number of nitrogens with one attached hydrogen (secondary N) is 1. The van der Waals surface area contributed by atoms with E-state index in [-0.39, 0.29) is 5.91 Å². The van der Waals surface area contributed by atoms with Crippen molar-refractivity contribution in [3.05, 3.63) is 59.7 Å². The van der Waals surface area contributed by atoms with Gasteiger partial charge in [0.15, 0.2) is 11.5 Å². The standard InChI is InChI=1S/C20H24N2O3/c1-3-4-13-19(23)22-21-14-17-11-8-12-18(24-2)20(17)25-15-16-9-6-5-7-10-16/h5-12,14H,3-4,13,15H2,1-2H3,(H,22,23)/b21-14+. The lowest BCUT2D eigenvalue weighted by Crippen LogP contribution is -2.16. The van der Waals surface area contributed by atoms with Gasteiger partial charge < -0.3 is 9.47 Å². The molecule has 0 aliphatic carbocycles. The largest absolute Gasteiger partial charge is 0.493 e. The number of ether oxygens (including phenoxy) is 2. The second-order valence-electron chi connectivity index (χ2n) is 5.55. The summed E-state index contributed by atoms with van der Waals surface area (Å²) in [5.41, 5.74) is 4.34. The zero-order valence-electron chi connectivity index (χ0n) is 14.7. The second-order valence-corrected chi connectivity index (χ2v) is 5.55. The van der Waals surface area contributed by atoms with Crippen LogP contribution >= 0.6 is 0 Å². The molecular weight excluding hydrogens is 316 g/mol. The van der Waals surface area contributed by atoms with Gasteiger partial charge >= 0.3 is 0 Å². The lowest BCUT2D eigenvalue weighted by molar-refractivity contribution is -0.121. The molecule has 0 bridgehead atoms. The summed E-state index contributed by atoms with van der Waals surface area (Å²) in [5, 5.41) is 4.03. The summed E-state index contributed by atoms with van der Waals surface area (Å²) in [7, 11) is 1.60. The average molecular weight is 340 g/mol. The van der Waals surface area contributed by atoms with Crippen molar-refractivity contribution in [1.82, 2.24) is 5.43 Å². The first-order valence-electron chi connectivity index (χ1n) is 8.40. The summed E-state index contributed by atoms with van der Waals surface area (Å²) < 4.78 is 11.3. The van der Waals surface area contributed by atoms with Crippen molar-refractivity contribution in [2.75, 3.05) is 7.11 Å². The number of para-hydroxylation sites is 1. The van der Waals surface area contributed by atoms with Gasteiger partial charge in [0, 0.05) is 12.0 Å². The van der Waals surface area contributed by atoms with Crippen LogP contribution in [0, 0.1) is 0 Å². The predicted molar refractivity (Wildman–Crippen MR) is 99.0 cm³/mol. The number of hydrogen-bond acceptors (Lipinski definition) is 4. The highest BCUT2D eigenvalue weighted by atomic mass is 16.5. The first-order chi connectivity index (χ1) is 12.2. The number of benzene rings is 2. The van der Waals surface area contributed by atoms with E-state index in [1.807, 2.05) is 55.5 Å². The third-order valence-electron chi connectivity index (χ3n) is 3.61. The number of carbonyl (C=O) groups excluding carboxylic acids is 1. The van der Waals surface area contributed by atoms with E-state index in [9.17, 15) is 4.79 Å². The molecule has 0 radical (unpaired) electrons. The fraction of sp³-hybridized carbons (Fsp3) is 0.300. The van der Waals surface area contributed by atoms with E-state index in [1.54, 1.807) is 13.3 Å². The first-order valence-corrected chi connectivity index (χ1v) is 8.40. The minimum Gasteiger partial charge on any atom is -0.493 e. The molecule has 132 valence electrons. The summed E-state index contributed by atoms with van der Waals surface area (Å²) in [6.45, 7) is 2.47. The number of unbranched alkanes of at least 4 members (excludes halogenated alkanes) is 1. The number of hydrazone groups is 1. The maximum absolute atomic E-state index is 11.6. The fourth-order valence-electron chi connectivity index (χ4n) is 2.25. The van der Waals surface area contributed by atoms with E-state index in [0.29, 0.717) is 24.5 Å². The molecule has 0 unspecified atom stereocenters. The molecule has 25 heavy (non-hydrogen) atoms. The molecule has 0 aromatic heterocycles. The zero-order valence-corrected chi connectivity index (χ0v) is 14.7. The summed E-state index contributed by atoms with van der Waals surface area (Å²) in [4.78, 5) is 11.6. The van der Waals surface area contributed by atoms with Crippen LogP contribution in [0.1, 0.15) is 37.3 Å². The molecule has 2 rings (SSSR count). The highest BCUT2D eigenvalue weighted by molar-refractivity contribution is 5.86. The lowest BCUT2D eigenvalue weighted by Gasteiger charge is -2.13. The number of rotatable bonds is 9. The van der Waals surface area contributed by atoms with Crippen LogP contribution in [0.2, 0.25) is 0 Å². The van der Waals surface area contributed by atoms with E-state index in [4.69, 9.17) is 9.47 Å². The molecule has 1 amide bonds. The normalized spacial score (nSPS) is 10.6. The molecule has 0 atom stereocenters. The van der Waals surface area contributed by atoms with Crippen LogP contribution in [0.25, 0.3) is 0 Å². The highest BCUT2D eigenvalue weighted by Gasteiger charge is 2.10. The maximum atomic E-state index is 11.6. The monoisotopic (exact) mass is 340 g/mol. The van der Waals surface area contributed by atoms with Crippen molar-refractivity contribution in [3.8, 4) is 11.5 Å². The Morgan fingerprint density at radius 2 is 1.96 bits per heavy atom. The lowest BCUT2D eigenvalue weighted by atomic mass is 10.2. The van der Waals surface area contributed by atoms with Gasteiger partial charge in [0.2, 0.25) is 5.91 Å². The molecule has 0 aliphatic rings. The fourth-order valence-corrected chi connectivity index (χ4v) is 2.25. The molecule has 0 fully saturated rings. The Hall–Kier alpha value is -2.82. The van der Waals surface area contributed by atoms with Crippen LogP contribution in [0.5, 0.6) is 11.5 Å².